The van der Waals surface area contributed by atoms with Gasteiger partial charge in [-0.3, -0.25) is 4.40 Å². The lowest BCUT2D eigenvalue weighted by Gasteiger charge is -1.90. The Labute approximate surface area is 101 Å². The molecule has 0 N–H and O–H groups in total. The SMILES string of the molecule is c1csc(-c2cn3c4c(sc3n2)CCC4)c1. The zero-order chi connectivity index (χ0) is 10.5. The molecule has 0 spiro atoms. The van der Waals surface area contributed by atoms with Crippen molar-refractivity contribution in [3.63, 3.8) is 0 Å². The molecular formula is C12H10N2S2. The molecule has 3 heterocycles. The summed E-state index contributed by atoms with van der Waals surface area (Å²) in [5.41, 5.74) is 2.62. The van der Waals surface area contributed by atoms with Crippen LogP contribution in [0.1, 0.15) is 17.0 Å². The summed E-state index contributed by atoms with van der Waals surface area (Å²) in [6.07, 6.45) is 5.97. The molecule has 0 bridgehead atoms. The maximum absolute atomic E-state index is 4.71. The largest absolute Gasteiger partial charge is 0.294 e. The fourth-order valence-corrected chi connectivity index (χ4v) is 4.22. The van der Waals surface area contributed by atoms with Crippen LogP contribution in [0.2, 0.25) is 0 Å². The second-order valence-electron chi connectivity index (χ2n) is 4.08. The molecule has 16 heavy (non-hydrogen) atoms. The van der Waals surface area contributed by atoms with Gasteiger partial charge >= 0.3 is 0 Å². The van der Waals surface area contributed by atoms with Crippen LogP contribution < -0.4 is 0 Å². The number of hydrogen-bond donors (Lipinski definition) is 0. The standard InChI is InChI=1S/C12H10N2S2/c1-3-9-11(4-1)16-12-13-8(7-14(9)12)10-5-2-6-15-10/h2,5-7H,1,3-4H2. The Morgan fingerprint density at radius 3 is 3.19 bits per heavy atom. The predicted octanol–water partition coefficient (Wildman–Crippen LogP) is 3.61. The molecule has 0 amide bonds. The van der Waals surface area contributed by atoms with E-state index in [0.717, 1.165) is 10.7 Å². The molecule has 1 aliphatic rings. The second kappa shape index (κ2) is 3.18. The van der Waals surface area contributed by atoms with Crippen LogP contribution in [0.15, 0.2) is 23.7 Å². The molecule has 0 aliphatic heterocycles. The maximum Gasteiger partial charge on any atom is 0.194 e. The Kier molecular flexibility index (Phi) is 1.78. The van der Waals surface area contributed by atoms with Crippen LogP contribution >= 0.6 is 22.7 Å². The number of rotatable bonds is 1. The average Bonchev–Trinajstić information content (AvgIpc) is 2.98. The molecule has 0 saturated carbocycles. The Bertz CT molecular complexity index is 646. The lowest BCUT2D eigenvalue weighted by atomic mass is 10.3. The van der Waals surface area contributed by atoms with E-state index >= 15 is 0 Å². The number of thiophene rings is 1. The van der Waals surface area contributed by atoms with Gasteiger partial charge in [0.05, 0.1) is 4.88 Å². The van der Waals surface area contributed by atoms with Gasteiger partial charge in [0.15, 0.2) is 4.96 Å². The third kappa shape index (κ3) is 1.14. The molecule has 0 fully saturated rings. The van der Waals surface area contributed by atoms with Crippen molar-refractivity contribution in [1.82, 2.24) is 9.38 Å². The molecule has 0 atom stereocenters. The highest BCUT2D eigenvalue weighted by molar-refractivity contribution is 7.17. The van der Waals surface area contributed by atoms with E-state index in [1.54, 1.807) is 16.2 Å². The molecule has 4 heteroatoms. The lowest BCUT2D eigenvalue weighted by Crippen LogP contribution is -1.84. The monoisotopic (exact) mass is 246 g/mol. The highest BCUT2D eigenvalue weighted by Gasteiger charge is 2.19. The van der Waals surface area contributed by atoms with E-state index in [9.17, 15) is 0 Å². The van der Waals surface area contributed by atoms with Crippen LogP contribution in [-0.4, -0.2) is 9.38 Å². The summed E-state index contributed by atoms with van der Waals surface area (Å²) in [5, 5.41) is 2.10. The summed E-state index contributed by atoms with van der Waals surface area (Å²) >= 11 is 3.62. The third-order valence-electron chi connectivity index (χ3n) is 3.09. The molecule has 0 unspecified atom stereocenters. The van der Waals surface area contributed by atoms with Crippen LogP contribution in [0.25, 0.3) is 15.5 Å². The van der Waals surface area contributed by atoms with Gasteiger partial charge in [-0.2, -0.15) is 0 Å². The van der Waals surface area contributed by atoms with Gasteiger partial charge in [0.25, 0.3) is 0 Å². The zero-order valence-electron chi connectivity index (χ0n) is 8.64. The Balaban J connectivity index is 1.95. The zero-order valence-corrected chi connectivity index (χ0v) is 10.3. The molecule has 0 aromatic carbocycles. The maximum atomic E-state index is 4.71. The smallest absolute Gasteiger partial charge is 0.194 e. The van der Waals surface area contributed by atoms with Crippen molar-refractivity contribution in [2.24, 2.45) is 0 Å². The summed E-state index contributed by atoms with van der Waals surface area (Å²) in [6.45, 7) is 0. The van der Waals surface area contributed by atoms with Gasteiger partial charge in [0.2, 0.25) is 0 Å². The number of imidazole rings is 1. The lowest BCUT2D eigenvalue weighted by molar-refractivity contribution is 0.888. The Morgan fingerprint density at radius 2 is 2.31 bits per heavy atom. The third-order valence-corrected chi connectivity index (χ3v) is 5.14. The molecule has 4 rings (SSSR count). The van der Waals surface area contributed by atoms with Crippen molar-refractivity contribution in [2.75, 3.05) is 0 Å². The van der Waals surface area contributed by atoms with Gasteiger partial charge in [0.1, 0.15) is 5.69 Å². The van der Waals surface area contributed by atoms with Gasteiger partial charge < -0.3 is 0 Å². The van der Waals surface area contributed by atoms with Crippen LogP contribution in [0.5, 0.6) is 0 Å². The van der Waals surface area contributed by atoms with Gasteiger partial charge in [-0.15, -0.1) is 22.7 Å². The van der Waals surface area contributed by atoms with Gasteiger partial charge in [-0.05, 0) is 30.7 Å². The predicted molar refractivity (Wildman–Crippen MR) is 68.4 cm³/mol. The Morgan fingerprint density at radius 1 is 1.31 bits per heavy atom. The topological polar surface area (TPSA) is 17.3 Å². The highest BCUT2D eigenvalue weighted by atomic mass is 32.1. The number of thiazole rings is 1. The first-order valence-electron chi connectivity index (χ1n) is 5.45. The number of hydrogen-bond acceptors (Lipinski definition) is 3. The fraction of sp³-hybridized carbons (Fsp3) is 0.250. The van der Waals surface area contributed by atoms with E-state index in [-0.39, 0.29) is 0 Å². The molecule has 0 saturated heterocycles. The van der Waals surface area contributed by atoms with Crippen molar-refractivity contribution < 1.29 is 0 Å². The quantitative estimate of drug-likeness (QED) is 0.641. The minimum absolute atomic E-state index is 1.12. The molecule has 1 aliphatic carbocycles. The second-order valence-corrected chi connectivity index (χ2v) is 6.09. The van der Waals surface area contributed by atoms with Crippen molar-refractivity contribution >= 4 is 27.6 Å². The number of fused-ring (bicyclic) bond motifs is 3. The van der Waals surface area contributed by atoms with E-state index in [0.29, 0.717) is 0 Å². The fourth-order valence-electron chi connectivity index (χ4n) is 2.35. The van der Waals surface area contributed by atoms with Crippen molar-refractivity contribution in [3.8, 4) is 10.6 Å². The van der Waals surface area contributed by atoms with Gasteiger partial charge in [0, 0.05) is 16.8 Å². The number of nitrogens with zero attached hydrogens (tertiary/aromatic N) is 2. The van der Waals surface area contributed by atoms with Gasteiger partial charge in [-0.25, -0.2) is 4.98 Å². The van der Waals surface area contributed by atoms with Crippen LogP contribution in [0.4, 0.5) is 0 Å². The van der Waals surface area contributed by atoms with Gasteiger partial charge in [-0.1, -0.05) is 6.07 Å². The average molecular weight is 246 g/mol. The van der Waals surface area contributed by atoms with E-state index < -0.39 is 0 Å². The van der Waals surface area contributed by atoms with Crippen molar-refractivity contribution in [3.05, 3.63) is 34.3 Å². The molecule has 80 valence electrons. The first kappa shape index (κ1) is 8.96. The molecule has 3 aromatic heterocycles. The molecule has 3 aromatic rings. The summed E-state index contributed by atoms with van der Waals surface area (Å²) in [7, 11) is 0. The minimum Gasteiger partial charge on any atom is -0.294 e. The first-order chi connectivity index (χ1) is 7.92. The van der Waals surface area contributed by atoms with Crippen molar-refractivity contribution in [1.29, 1.82) is 0 Å². The molecular weight excluding hydrogens is 236 g/mol. The number of aryl methyl sites for hydroxylation is 2. The van der Waals surface area contributed by atoms with E-state index in [2.05, 4.69) is 28.1 Å². The highest BCUT2D eigenvalue weighted by Crippen LogP contribution is 2.33. The van der Waals surface area contributed by atoms with E-state index in [4.69, 9.17) is 4.98 Å². The van der Waals surface area contributed by atoms with E-state index in [1.807, 2.05) is 11.3 Å². The van der Waals surface area contributed by atoms with Crippen molar-refractivity contribution in [2.45, 2.75) is 19.3 Å². The number of aromatic nitrogens is 2. The summed E-state index contributed by atoms with van der Waals surface area (Å²) in [4.78, 5) is 8.68. The molecule has 0 radical (unpaired) electrons. The van der Waals surface area contributed by atoms with Crippen LogP contribution in [-0.2, 0) is 12.8 Å². The normalized spacial score (nSPS) is 14.8. The summed E-state index contributed by atoms with van der Waals surface area (Å²) < 4.78 is 2.29. The minimum atomic E-state index is 1.12. The van der Waals surface area contributed by atoms with E-state index in [1.165, 1.54) is 29.8 Å². The summed E-state index contributed by atoms with van der Waals surface area (Å²) in [5.74, 6) is 0. The molecule has 2 nitrogen and oxygen atoms in total. The first-order valence-corrected chi connectivity index (χ1v) is 7.15. The summed E-state index contributed by atoms with van der Waals surface area (Å²) in [6, 6.07) is 4.22. The Hall–Kier alpha value is -1.13. The van der Waals surface area contributed by atoms with Crippen LogP contribution in [0, 0.1) is 0 Å². The van der Waals surface area contributed by atoms with Crippen LogP contribution in [0.3, 0.4) is 0 Å².